The van der Waals surface area contributed by atoms with Crippen molar-refractivity contribution >= 4 is 16.8 Å². The molecule has 1 aliphatic rings. The lowest BCUT2D eigenvalue weighted by atomic mass is 10.1. The van der Waals surface area contributed by atoms with Gasteiger partial charge in [0.2, 0.25) is 0 Å². The van der Waals surface area contributed by atoms with Gasteiger partial charge in [0.05, 0.1) is 6.54 Å². The number of nitrogens with zero attached hydrogens (tertiary/aromatic N) is 1. The van der Waals surface area contributed by atoms with Crippen LogP contribution in [-0.2, 0) is 23.1 Å². The molecule has 122 valence electrons. The maximum atomic E-state index is 11.2. The van der Waals surface area contributed by atoms with E-state index in [0.717, 1.165) is 11.1 Å². The Hall–Kier alpha value is -1.36. The van der Waals surface area contributed by atoms with Gasteiger partial charge in [0, 0.05) is 28.9 Å². The van der Waals surface area contributed by atoms with Crippen LogP contribution in [0, 0.1) is 0 Å². The molecule has 0 radical (unpaired) electrons. The summed E-state index contributed by atoms with van der Waals surface area (Å²) in [4.78, 5) is 4.43. The van der Waals surface area contributed by atoms with Gasteiger partial charge in [-0.3, -0.25) is 4.21 Å². The highest BCUT2D eigenvalue weighted by molar-refractivity contribution is 7.83. The number of hydrogen-bond acceptors (Lipinski definition) is 2. The predicted octanol–water partition coefficient (Wildman–Crippen LogP) is 2.69. The Morgan fingerprint density at radius 1 is 1.18 bits per heavy atom. The number of nitrogens with one attached hydrogen (secondary N) is 1. The lowest BCUT2D eigenvalue weighted by molar-refractivity contribution is 0.530. The molecule has 4 nitrogen and oxygen atoms in total. The summed E-state index contributed by atoms with van der Waals surface area (Å²) < 4.78 is 11.2. The molecule has 1 aromatic rings. The largest absolute Gasteiger partial charge is 0.370 e. The van der Waals surface area contributed by atoms with Crippen molar-refractivity contribution in [2.24, 2.45) is 10.7 Å². The molecule has 2 rings (SSSR count). The predicted molar refractivity (Wildman–Crippen MR) is 94.2 cm³/mol. The highest BCUT2D eigenvalue weighted by atomic mass is 32.2. The van der Waals surface area contributed by atoms with Gasteiger partial charge in [0.1, 0.15) is 0 Å². The molecule has 5 heteroatoms. The van der Waals surface area contributed by atoms with Crippen molar-refractivity contribution in [3.63, 3.8) is 0 Å². The van der Waals surface area contributed by atoms with Crippen LogP contribution < -0.4 is 11.1 Å². The smallest absolute Gasteiger partial charge is 0.189 e. The number of nitrogens with two attached hydrogens (primary N) is 1. The van der Waals surface area contributed by atoms with Gasteiger partial charge in [-0.05, 0) is 24.0 Å². The first-order valence-electron chi connectivity index (χ1n) is 8.08. The van der Waals surface area contributed by atoms with Crippen molar-refractivity contribution < 1.29 is 4.21 Å². The molecular weight excluding hydrogens is 294 g/mol. The Morgan fingerprint density at radius 2 is 1.77 bits per heavy atom. The fraction of sp³-hybridized carbons (Fsp3) is 0.588. The van der Waals surface area contributed by atoms with Crippen LogP contribution in [0.25, 0.3) is 0 Å². The van der Waals surface area contributed by atoms with E-state index in [1.54, 1.807) is 6.26 Å². The third kappa shape index (κ3) is 6.18. The van der Waals surface area contributed by atoms with Crippen LogP contribution in [0.4, 0.5) is 0 Å². The van der Waals surface area contributed by atoms with Crippen LogP contribution in [0.3, 0.4) is 0 Å². The lowest BCUT2D eigenvalue weighted by Gasteiger charge is -2.16. The summed E-state index contributed by atoms with van der Waals surface area (Å²) in [6, 6.07) is 8.57. The molecule has 1 unspecified atom stereocenters. The summed E-state index contributed by atoms with van der Waals surface area (Å²) >= 11 is 0. The summed E-state index contributed by atoms with van der Waals surface area (Å²) in [7, 11) is -0.798. The standard InChI is InChI=1S/C17H27N3OS/c1-22(21)13-15-10-8-14(9-11-15)12-19-17(18)20-16-6-4-2-3-5-7-16/h8-11,16H,2-7,12-13H2,1H3,(H3,18,19,20). The van der Waals surface area contributed by atoms with Gasteiger partial charge in [-0.2, -0.15) is 0 Å². The van der Waals surface area contributed by atoms with Gasteiger partial charge in [0.25, 0.3) is 0 Å². The van der Waals surface area contributed by atoms with E-state index in [1.807, 2.05) is 24.3 Å². The van der Waals surface area contributed by atoms with Crippen molar-refractivity contribution in [1.82, 2.24) is 5.32 Å². The fourth-order valence-electron chi connectivity index (χ4n) is 2.83. The van der Waals surface area contributed by atoms with Crippen molar-refractivity contribution in [1.29, 1.82) is 0 Å². The molecule has 3 N–H and O–H groups in total. The topological polar surface area (TPSA) is 67.5 Å². The Morgan fingerprint density at radius 3 is 2.36 bits per heavy atom. The minimum Gasteiger partial charge on any atom is -0.370 e. The summed E-state index contributed by atoms with van der Waals surface area (Å²) in [5.74, 6) is 1.15. The summed E-state index contributed by atoms with van der Waals surface area (Å²) in [5.41, 5.74) is 8.21. The average Bonchev–Trinajstić information content (AvgIpc) is 2.74. The molecule has 1 aliphatic carbocycles. The van der Waals surface area contributed by atoms with Gasteiger partial charge in [-0.1, -0.05) is 49.9 Å². The zero-order chi connectivity index (χ0) is 15.8. The second-order valence-corrected chi connectivity index (χ2v) is 7.50. The van der Waals surface area contributed by atoms with E-state index in [9.17, 15) is 4.21 Å². The minimum absolute atomic E-state index is 0.480. The van der Waals surface area contributed by atoms with Crippen LogP contribution in [0.1, 0.15) is 49.7 Å². The second-order valence-electron chi connectivity index (χ2n) is 6.07. The SMILES string of the molecule is CS(=O)Cc1ccc(CN=C(N)NC2CCCCCC2)cc1. The molecule has 0 amide bonds. The molecule has 0 heterocycles. The van der Waals surface area contributed by atoms with Crippen molar-refractivity contribution in [3.8, 4) is 0 Å². The molecular formula is C17H27N3OS. The summed E-state index contributed by atoms with van der Waals surface area (Å²) in [5, 5.41) is 3.35. The number of aliphatic imine (C=N–C) groups is 1. The highest BCUT2D eigenvalue weighted by Crippen LogP contribution is 2.17. The van der Waals surface area contributed by atoms with E-state index in [1.165, 1.54) is 38.5 Å². The van der Waals surface area contributed by atoms with Gasteiger partial charge in [-0.25, -0.2) is 4.99 Å². The van der Waals surface area contributed by atoms with Gasteiger partial charge in [0.15, 0.2) is 5.96 Å². The van der Waals surface area contributed by atoms with Crippen LogP contribution in [0.15, 0.2) is 29.3 Å². The fourth-order valence-corrected chi connectivity index (χ4v) is 3.49. The van der Waals surface area contributed by atoms with E-state index >= 15 is 0 Å². The monoisotopic (exact) mass is 321 g/mol. The number of rotatable bonds is 5. The van der Waals surface area contributed by atoms with Gasteiger partial charge in [-0.15, -0.1) is 0 Å². The third-order valence-corrected chi connectivity index (χ3v) is 4.77. The first kappa shape index (κ1) is 17.0. The van der Waals surface area contributed by atoms with Crippen LogP contribution in [-0.4, -0.2) is 22.5 Å². The maximum absolute atomic E-state index is 11.2. The zero-order valence-corrected chi connectivity index (χ0v) is 14.2. The molecule has 1 saturated carbocycles. The van der Waals surface area contributed by atoms with Crippen LogP contribution in [0.5, 0.6) is 0 Å². The zero-order valence-electron chi connectivity index (χ0n) is 13.4. The molecule has 1 aromatic carbocycles. The third-order valence-electron chi connectivity index (χ3n) is 4.03. The van der Waals surface area contributed by atoms with Crippen LogP contribution in [0.2, 0.25) is 0 Å². The number of guanidine groups is 1. The first-order valence-corrected chi connectivity index (χ1v) is 9.80. The van der Waals surface area contributed by atoms with E-state index in [0.29, 0.717) is 24.3 Å². The Labute approximate surface area is 136 Å². The van der Waals surface area contributed by atoms with E-state index in [4.69, 9.17) is 5.73 Å². The van der Waals surface area contributed by atoms with Crippen molar-refractivity contribution in [3.05, 3.63) is 35.4 Å². The average molecular weight is 321 g/mol. The lowest BCUT2D eigenvalue weighted by Crippen LogP contribution is -2.39. The Kier molecular flexibility index (Phi) is 6.90. The second kappa shape index (κ2) is 8.93. The Balaban J connectivity index is 1.83. The van der Waals surface area contributed by atoms with E-state index in [-0.39, 0.29) is 0 Å². The quantitative estimate of drug-likeness (QED) is 0.498. The minimum atomic E-state index is -0.798. The molecule has 22 heavy (non-hydrogen) atoms. The van der Waals surface area contributed by atoms with Crippen molar-refractivity contribution in [2.75, 3.05) is 6.26 Å². The van der Waals surface area contributed by atoms with E-state index in [2.05, 4.69) is 10.3 Å². The molecule has 0 saturated heterocycles. The molecule has 0 spiro atoms. The maximum Gasteiger partial charge on any atom is 0.189 e. The molecule has 1 atom stereocenters. The number of hydrogen-bond donors (Lipinski definition) is 2. The highest BCUT2D eigenvalue weighted by Gasteiger charge is 2.12. The number of benzene rings is 1. The van der Waals surface area contributed by atoms with Crippen molar-refractivity contribution in [2.45, 2.75) is 56.9 Å². The molecule has 0 aromatic heterocycles. The van der Waals surface area contributed by atoms with E-state index < -0.39 is 10.8 Å². The molecule has 0 bridgehead atoms. The Bertz CT molecular complexity index is 505. The summed E-state index contributed by atoms with van der Waals surface area (Å²) in [6.07, 6.45) is 9.35. The van der Waals surface area contributed by atoms with Gasteiger partial charge < -0.3 is 11.1 Å². The molecule has 0 aliphatic heterocycles. The van der Waals surface area contributed by atoms with Gasteiger partial charge >= 0.3 is 0 Å². The normalized spacial score (nSPS) is 18.7. The first-order chi connectivity index (χ1) is 10.6. The van der Waals surface area contributed by atoms with Crippen LogP contribution >= 0.6 is 0 Å². The molecule has 1 fully saturated rings. The summed E-state index contributed by atoms with van der Waals surface area (Å²) in [6.45, 7) is 0.584.